The van der Waals surface area contributed by atoms with Crippen LogP contribution in [-0.4, -0.2) is 17.7 Å². The van der Waals surface area contributed by atoms with E-state index in [1.165, 1.54) is 5.56 Å². The number of hydrogen-bond acceptors (Lipinski definition) is 2. The molecule has 3 nitrogen and oxygen atoms in total. The molecule has 0 aromatic heterocycles. The minimum absolute atomic E-state index is 0.0426. The molecule has 0 fully saturated rings. The van der Waals surface area contributed by atoms with Crippen LogP contribution in [0.15, 0.2) is 28.7 Å². The average Bonchev–Trinajstić information content (AvgIpc) is 2.18. The number of rotatable bonds is 3. The largest absolute Gasteiger partial charge is 0.444 e. The van der Waals surface area contributed by atoms with Crippen molar-refractivity contribution >= 4 is 22.0 Å². The van der Waals surface area contributed by atoms with Gasteiger partial charge in [0.25, 0.3) is 0 Å². The Kier molecular flexibility index (Phi) is 5.20. The molecule has 100 valence electrons. The molecular formula is C14H20BrNO2. The minimum Gasteiger partial charge on any atom is -0.444 e. The Labute approximate surface area is 117 Å². The maximum atomic E-state index is 11.6. The Hall–Kier alpha value is -1.03. The highest BCUT2D eigenvalue weighted by atomic mass is 79.9. The predicted octanol–water partition coefficient (Wildman–Crippen LogP) is 3.90. The molecule has 1 aromatic rings. The normalized spacial score (nSPS) is 12.9. The molecule has 1 amide bonds. The second kappa shape index (κ2) is 6.23. The molecule has 18 heavy (non-hydrogen) atoms. The topological polar surface area (TPSA) is 38.3 Å². The van der Waals surface area contributed by atoms with Gasteiger partial charge in [0.1, 0.15) is 5.60 Å². The first kappa shape index (κ1) is 15.0. The second-order valence-electron chi connectivity index (χ2n) is 5.38. The summed E-state index contributed by atoms with van der Waals surface area (Å²) >= 11 is 3.40. The van der Waals surface area contributed by atoms with E-state index in [4.69, 9.17) is 4.74 Å². The van der Waals surface area contributed by atoms with Gasteiger partial charge in [-0.15, -0.1) is 0 Å². The van der Waals surface area contributed by atoms with E-state index in [2.05, 4.69) is 21.2 Å². The van der Waals surface area contributed by atoms with Gasteiger partial charge in [-0.25, -0.2) is 4.79 Å². The zero-order chi connectivity index (χ0) is 13.8. The number of amides is 1. The fourth-order valence-corrected chi connectivity index (χ4v) is 1.80. The van der Waals surface area contributed by atoms with Gasteiger partial charge in [0.2, 0.25) is 0 Å². The van der Waals surface area contributed by atoms with Crippen molar-refractivity contribution in [3.63, 3.8) is 0 Å². The lowest BCUT2D eigenvalue weighted by Gasteiger charge is -2.22. The lowest BCUT2D eigenvalue weighted by atomic mass is 10.1. The van der Waals surface area contributed by atoms with E-state index in [-0.39, 0.29) is 12.1 Å². The Balaban J connectivity index is 2.44. The van der Waals surface area contributed by atoms with Crippen LogP contribution in [0.1, 0.15) is 33.3 Å². The first-order valence-corrected chi connectivity index (χ1v) is 6.79. The zero-order valence-corrected chi connectivity index (χ0v) is 12.9. The van der Waals surface area contributed by atoms with Gasteiger partial charge in [0, 0.05) is 10.5 Å². The number of hydrogen-bond donors (Lipinski definition) is 1. The molecule has 4 heteroatoms. The molecule has 0 heterocycles. The van der Waals surface area contributed by atoms with Crippen molar-refractivity contribution in [1.29, 1.82) is 0 Å². The van der Waals surface area contributed by atoms with E-state index in [9.17, 15) is 4.79 Å². The summed E-state index contributed by atoms with van der Waals surface area (Å²) in [7, 11) is 0. The van der Waals surface area contributed by atoms with Crippen molar-refractivity contribution in [1.82, 2.24) is 5.32 Å². The van der Waals surface area contributed by atoms with E-state index in [0.717, 1.165) is 10.9 Å². The Bertz CT molecular complexity index is 395. The van der Waals surface area contributed by atoms with Crippen LogP contribution in [0.4, 0.5) is 4.79 Å². The predicted molar refractivity (Wildman–Crippen MR) is 76.7 cm³/mol. The Morgan fingerprint density at radius 2 is 1.89 bits per heavy atom. The van der Waals surface area contributed by atoms with Gasteiger partial charge >= 0.3 is 6.09 Å². The monoisotopic (exact) mass is 313 g/mol. The quantitative estimate of drug-likeness (QED) is 0.919. The summed E-state index contributed by atoms with van der Waals surface area (Å²) < 4.78 is 6.26. The highest BCUT2D eigenvalue weighted by molar-refractivity contribution is 9.10. The van der Waals surface area contributed by atoms with Gasteiger partial charge in [-0.1, -0.05) is 28.1 Å². The standard InChI is InChI=1S/C14H20BrNO2/c1-10(16-13(17)18-14(2,3)4)9-11-5-7-12(15)8-6-11/h5-8,10H,9H2,1-4H3,(H,16,17)/t10-/m1/s1. The van der Waals surface area contributed by atoms with Gasteiger partial charge in [-0.3, -0.25) is 0 Å². The van der Waals surface area contributed by atoms with Crippen molar-refractivity contribution < 1.29 is 9.53 Å². The lowest BCUT2D eigenvalue weighted by molar-refractivity contribution is 0.0508. The summed E-state index contributed by atoms with van der Waals surface area (Å²) in [5.41, 5.74) is 0.725. The van der Waals surface area contributed by atoms with E-state index in [1.54, 1.807) is 0 Å². The van der Waals surface area contributed by atoms with Gasteiger partial charge in [-0.2, -0.15) is 0 Å². The SMILES string of the molecule is C[C@H](Cc1ccc(Br)cc1)NC(=O)OC(C)(C)C. The van der Waals surface area contributed by atoms with E-state index in [0.29, 0.717) is 0 Å². The van der Waals surface area contributed by atoms with Crippen LogP contribution in [0.25, 0.3) is 0 Å². The molecule has 1 aromatic carbocycles. The number of halogens is 1. The molecule has 0 aliphatic rings. The van der Waals surface area contributed by atoms with Crippen LogP contribution in [0.5, 0.6) is 0 Å². The molecule has 1 N–H and O–H groups in total. The molecule has 0 bridgehead atoms. The molecule has 0 spiro atoms. The smallest absolute Gasteiger partial charge is 0.407 e. The maximum Gasteiger partial charge on any atom is 0.407 e. The first-order chi connectivity index (χ1) is 8.26. The van der Waals surface area contributed by atoms with Crippen LogP contribution < -0.4 is 5.32 Å². The van der Waals surface area contributed by atoms with Crippen molar-refractivity contribution in [3.8, 4) is 0 Å². The van der Waals surface area contributed by atoms with Crippen molar-refractivity contribution in [2.75, 3.05) is 0 Å². The summed E-state index contributed by atoms with van der Waals surface area (Å²) in [6.07, 6.45) is 0.416. The van der Waals surface area contributed by atoms with Gasteiger partial charge < -0.3 is 10.1 Å². The molecule has 0 radical (unpaired) electrons. The highest BCUT2D eigenvalue weighted by Crippen LogP contribution is 2.12. The van der Waals surface area contributed by atoms with Crippen LogP contribution in [0.2, 0.25) is 0 Å². The number of alkyl carbamates (subject to hydrolysis) is 1. The van der Waals surface area contributed by atoms with E-state index < -0.39 is 5.60 Å². The van der Waals surface area contributed by atoms with E-state index in [1.807, 2.05) is 52.0 Å². The summed E-state index contributed by atoms with van der Waals surface area (Å²) in [5, 5.41) is 2.83. The van der Waals surface area contributed by atoms with Crippen molar-refractivity contribution in [2.45, 2.75) is 45.8 Å². The average molecular weight is 314 g/mol. The molecule has 0 saturated carbocycles. The summed E-state index contributed by atoms with van der Waals surface area (Å²) in [4.78, 5) is 11.6. The lowest BCUT2D eigenvalue weighted by Crippen LogP contribution is -2.38. The Morgan fingerprint density at radius 3 is 2.39 bits per heavy atom. The maximum absolute atomic E-state index is 11.6. The van der Waals surface area contributed by atoms with Gasteiger partial charge in [0.05, 0.1) is 0 Å². The summed E-state index contributed by atoms with van der Waals surface area (Å²) in [6.45, 7) is 7.52. The van der Waals surface area contributed by atoms with Crippen molar-refractivity contribution in [3.05, 3.63) is 34.3 Å². The van der Waals surface area contributed by atoms with Crippen LogP contribution in [-0.2, 0) is 11.2 Å². The zero-order valence-electron chi connectivity index (χ0n) is 11.3. The van der Waals surface area contributed by atoms with Crippen molar-refractivity contribution in [2.24, 2.45) is 0 Å². The second-order valence-corrected chi connectivity index (χ2v) is 6.29. The molecule has 0 aliphatic heterocycles. The molecule has 0 saturated heterocycles. The summed E-state index contributed by atoms with van der Waals surface area (Å²) in [6, 6.07) is 8.11. The highest BCUT2D eigenvalue weighted by Gasteiger charge is 2.17. The number of benzene rings is 1. The van der Waals surface area contributed by atoms with Crippen LogP contribution in [0.3, 0.4) is 0 Å². The van der Waals surface area contributed by atoms with E-state index >= 15 is 0 Å². The van der Waals surface area contributed by atoms with Crippen LogP contribution >= 0.6 is 15.9 Å². The van der Waals surface area contributed by atoms with Crippen LogP contribution in [0, 0.1) is 0 Å². The number of ether oxygens (including phenoxy) is 1. The van der Waals surface area contributed by atoms with Gasteiger partial charge in [-0.05, 0) is 51.8 Å². The fraction of sp³-hybridized carbons (Fsp3) is 0.500. The van der Waals surface area contributed by atoms with Gasteiger partial charge in [0.15, 0.2) is 0 Å². The number of carbonyl (C=O) groups excluding carboxylic acids is 1. The number of carbonyl (C=O) groups is 1. The minimum atomic E-state index is -0.457. The third-order valence-corrected chi connectivity index (χ3v) is 2.75. The molecule has 1 rings (SSSR count). The summed E-state index contributed by atoms with van der Waals surface area (Å²) in [5.74, 6) is 0. The third-order valence-electron chi connectivity index (χ3n) is 2.22. The molecule has 0 unspecified atom stereocenters. The third kappa shape index (κ3) is 6.05. The molecule has 1 atom stereocenters. The first-order valence-electron chi connectivity index (χ1n) is 6.00. The molecular weight excluding hydrogens is 294 g/mol. The Morgan fingerprint density at radius 1 is 1.33 bits per heavy atom. The fourth-order valence-electron chi connectivity index (χ4n) is 1.53. The number of nitrogens with one attached hydrogen (secondary N) is 1. The molecule has 0 aliphatic carbocycles.